The van der Waals surface area contributed by atoms with E-state index in [-0.39, 0.29) is 12.0 Å². The van der Waals surface area contributed by atoms with Crippen LogP contribution in [0.25, 0.3) is 0 Å². The maximum absolute atomic E-state index is 12.1. The molecule has 2 aromatic carbocycles. The van der Waals surface area contributed by atoms with Crippen LogP contribution in [0.1, 0.15) is 36.2 Å². The summed E-state index contributed by atoms with van der Waals surface area (Å²) in [4.78, 5) is 14.1. The third-order valence-corrected chi connectivity index (χ3v) is 3.76. The van der Waals surface area contributed by atoms with Crippen LogP contribution < -0.4 is 15.1 Å². The van der Waals surface area contributed by atoms with Crippen LogP contribution in [-0.2, 0) is 0 Å². The first-order chi connectivity index (χ1) is 13.0. The Balaban J connectivity index is 1.89. The molecule has 27 heavy (non-hydrogen) atoms. The van der Waals surface area contributed by atoms with E-state index in [1.807, 2.05) is 50.1 Å². The van der Waals surface area contributed by atoms with E-state index in [0.29, 0.717) is 18.5 Å². The van der Waals surface area contributed by atoms with Gasteiger partial charge in [-0.15, -0.1) is 0 Å². The standard InChI is InChI=1S/C21H24N4O2/c1-16(2)27-20-11-7-18(8-12-20)21(26)24-23-15-17-5-9-19(10-6-17)25(3)14-4-13-22/h5-12,15-16H,4,14H2,1-3H3,(H,24,26)/b23-15-. The molecule has 0 aliphatic rings. The summed E-state index contributed by atoms with van der Waals surface area (Å²) in [6.45, 7) is 4.58. The van der Waals surface area contributed by atoms with Crippen molar-refractivity contribution in [3.05, 3.63) is 59.7 Å². The molecular formula is C21H24N4O2. The highest BCUT2D eigenvalue weighted by atomic mass is 16.5. The number of amides is 1. The van der Waals surface area contributed by atoms with Crippen LogP contribution in [0.3, 0.4) is 0 Å². The molecule has 6 heteroatoms. The summed E-state index contributed by atoms with van der Waals surface area (Å²) >= 11 is 0. The van der Waals surface area contributed by atoms with Crippen LogP contribution in [-0.4, -0.2) is 31.8 Å². The van der Waals surface area contributed by atoms with Gasteiger partial charge in [-0.05, 0) is 55.8 Å². The topological polar surface area (TPSA) is 77.7 Å². The van der Waals surface area contributed by atoms with Gasteiger partial charge < -0.3 is 9.64 Å². The van der Waals surface area contributed by atoms with E-state index in [4.69, 9.17) is 10.00 Å². The molecule has 0 bridgehead atoms. The average molecular weight is 364 g/mol. The molecule has 0 spiro atoms. The van der Waals surface area contributed by atoms with Gasteiger partial charge in [0.05, 0.1) is 24.8 Å². The summed E-state index contributed by atoms with van der Waals surface area (Å²) in [5.74, 6) is 0.445. The van der Waals surface area contributed by atoms with Gasteiger partial charge in [0.25, 0.3) is 5.91 Å². The molecule has 140 valence electrons. The number of carbonyl (C=O) groups is 1. The fourth-order valence-corrected chi connectivity index (χ4v) is 2.35. The lowest BCUT2D eigenvalue weighted by Gasteiger charge is -2.17. The summed E-state index contributed by atoms with van der Waals surface area (Å²) in [5, 5.41) is 12.6. The number of hydrazone groups is 1. The lowest BCUT2D eigenvalue weighted by Crippen LogP contribution is -2.18. The van der Waals surface area contributed by atoms with E-state index < -0.39 is 0 Å². The quantitative estimate of drug-likeness (QED) is 0.574. The highest BCUT2D eigenvalue weighted by Gasteiger charge is 2.05. The highest BCUT2D eigenvalue weighted by molar-refractivity contribution is 5.95. The molecule has 2 aromatic rings. The number of benzene rings is 2. The van der Waals surface area contributed by atoms with Gasteiger partial charge in [0, 0.05) is 24.8 Å². The minimum atomic E-state index is -0.282. The second kappa shape index (κ2) is 9.97. The van der Waals surface area contributed by atoms with Gasteiger partial charge in [-0.1, -0.05) is 12.1 Å². The first-order valence-electron chi connectivity index (χ1n) is 8.78. The van der Waals surface area contributed by atoms with Crippen LogP contribution in [0.2, 0.25) is 0 Å². The van der Waals surface area contributed by atoms with Crippen molar-refractivity contribution in [2.45, 2.75) is 26.4 Å². The zero-order chi connectivity index (χ0) is 19.6. The molecule has 0 saturated heterocycles. The summed E-state index contributed by atoms with van der Waals surface area (Å²) in [5.41, 5.74) is 4.92. The highest BCUT2D eigenvalue weighted by Crippen LogP contribution is 2.14. The van der Waals surface area contributed by atoms with Crippen molar-refractivity contribution in [2.75, 3.05) is 18.5 Å². The number of hydrogen-bond donors (Lipinski definition) is 1. The van der Waals surface area contributed by atoms with Crippen LogP contribution in [0.4, 0.5) is 5.69 Å². The number of nitrogens with zero attached hydrogens (tertiary/aromatic N) is 3. The lowest BCUT2D eigenvalue weighted by atomic mass is 10.2. The molecule has 6 nitrogen and oxygen atoms in total. The maximum atomic E-state index is 12.1. The zero-order valence-corrected chi connectivity index (χ0v) is 15.8. The molecule has 0 unspecified atom stereocenters. The van der Waals surface area contributed by atoms with Gasteiger partial charge in [0.2, 0.25) is 0 Å². The molecule has 0 heterocycles. The first-order valence-corrected chi connectivity index (χ1v) is 8.78. The van der Waals surface area contributed by atoms with E-state index in [2.05, 4.69) is 16.6 Å². The van der Waals surface area contributed by atoms with Crippen LogP contribution >= 0.6 is 0 Å². The van der Waals surface area contributed by atoms with Crippen molar-refractivity contribution in [1.29, 1.82) is 5.26 Å². The van der Waals surface area contributed by atoms with E-state index in [1.54, 1.807) is 30.5 Å². The number of hydrogen-bond acceptors (Lipinski definition) is 5. The first kappa shape index (κ1) is 20.0. The van der Waals surface area contributed by atoms with Crippen molar-refractivity contribution < 1.29 is 9.53 Å². The molecule has 0 aliphatic carbocycles. The van der Waals surface area contributed by atoms with Crippen molar-refractivity contribution in [3.63, 3.8) is 0 Å². The number of carbonyl (C=O) groups excluding carboxylic acids is 1. The van der Waals surface area contributed by atoms with Crippen molar-refractivity contribution in [2.24, 2.45) is 5.10 Å². The van der Waals surface area contributed by atoms with Gasteiger partial charge in [0.1, 0.15) is 5.75 Å². The molecule has 0 saturated carbocycles. The molecule has 2 rings (SSSR count). The van der Waals surface area contributed by atoms with Gasteiger partial charge in [0.15, 0.2) is 0 Å². The Morgan fingerprint density at radius 1 is 1.22 bits per heavy atom. The fraction of sp³-hybridized carbons (Fsp3) is 0.286. The summed E-state index contributed by atoms with van der Waals surface area (Å²) in [6.07, 6.45) is 2.16. The Labute approximate surface area is 160 Å². The zero-order valence-electron chi connectivity index (χ0n) is 15.8. The van der Waals surface area contributed by atoms with Crippen molar-refractivity contribution >= 4 is 17.8 Å². The minimum Gasteiger partial charge on any atom is -0.491 e. The SMILES string of the molecule is CC(C)Oc1ccc(C(=O)N/N=C\c2ccc(N(C)CCC#N)cc2)cc1. The minimum absolute atomic E-state index is 0.0896. The Morgan fingerprint density at radius 2 is 1.89 bits per heavy atom. The van der Waals surface area contributed by atoms with Gasteiger partial charge in [-0.3, -0.25) is 4.79 Å². The van der Waals surface area contributed by atoms with Crippen LogP contribution in [0, 0.1) is 11.3 Å². The Morgan fingerprint density at radius 3 is 2.48 bits per heavy atom. The van der Waals surface area contributed by atoms with Gasteiger partial charge in [-0.25, -0.2) is 5.43 Å². The van der Waals surface area contributed by atoms with Gasteiger partial charge >= 0.3 is 0 Å². The van der Waals surface area contributed by atoms with Gasteiger partial charge in [-0.2, -0.15) is 10.4 Å². The molecule has 1 N–H and O–H groups in total. The normalized spacial score (nSPS) is 10.6. The average Bonchev–Trinajstić information content (AvgIpc) is 2.66. The molecule has 0 aliphatic heterocycles. The Bertz CT molecular complexity index is 806. The second-order valence-electron chi connectivity index (χ2n) is 6.31. The number of nitriles is 1. The number of rotatable bonds is 8. The smallest absolute Gasteiger partial charge is 0.271 e. The molecular weight excluding hydrogens is 340 g/mol. The van der Waals surface area contributed by atoms with Crippen molar-refractivity contribution in [1.82, 2.24) is 5.43 Å². The predicted octanol–water partition coefficient (Wildman–Crippen LogP) is 3.59. The van der Waals surface area contributed by atoms with E-state index in [0.717, 1.165) is 17.0 Å². The molecule has 0 radical (unpaired) electrons. The monoisotopic (exact) mass is 364 g/mol. The predicted molar refractivity (Wildman–Crippen MR) is 107 cm³/mol. The number of anilines is 1. The number of nitrogens with one attached hydrogen (secondary N) is 1. The second-order valence-corrected chi connectivity index (χ2v) is 6.31. The summed E-state index contributed by atoms with van der Waals surface area (Å²) in [6, 6.07) is 16.8. The third kappa shape index (κ3) is 6.48. The van der Waals surface area contributed by atoms with Crippen LogP contribution in [0.5, 0.6) is 5.75 Å². The largest absolute Gasteiger partial charge is 0.491 e. The molecule has 0 aromatic heterocycles. The number of ether oxygens (including phenoxy) is 1. The Kier molecular flexibility index (Phi) is 7.38. The Hall–Kier alpha value is -3.33. The lowest BCUT2D eigenvalue weighted by molar-refractivity contribution is 0.0955. The third-order valence-electron chi connectivity index (χ3n) is 3.76. The maximum Gasteiger partial charge on any atom is 0.271 e. The van der Waals surface area contributed by atoms with E-state index in [1.165, 1.54) is 0 Å². The van der Waals surface area contributed by atoms with E-state index >= 15 is 0 Å². The van der Waals surface area contributed by atoms with Crippen LogP contribution in [0.15, 0.2) is 53.6 Å². The molecule has 1 amide bonds. The fourth-order valence-electron chi connectivity index (χ4n) is 2.35. The molecule has 0 fully saturated rings. The van der Waals surface area contributed by atoms with Crippen molar-refractivity contribution in [3.8, 4) is 11.8 Å². The van der Waals surface area contributed by atoms with E-state index in [9.17, 15) is 4.79 Å². The summed E-state index contributed by atoms with van der Waals surface area (Å²) < 4.78 is 5.56. The summed E-state index contributed by atoms with van der Waals surface area (Å²) in [7, 11) is 1.94. The molecule has 0 atom stereocenters.